The molecule has 0 atom stereocenters. The Labute approximate surface area is 176 Å². The Balaban J connectivity index is 0.00000280. The number of carbonyl (C=O) groups excluding carboxylic acids is 1. The van der Waals surface area contributed by atoms with Crippen LogP contribution < -0.4 is 5.73 Å². The topological polar surface area (TPSA) is 89.7 Å². The van der Waals surface area contributed by atoms with E-state index in [-0.39, 0.29) is 22.2 Å². The van der Waals surface area contributed by atoms with Gasteiger partial charge in [-0.15, -0.1) is 23.7 Å². The number of nitrogens with zero attached hydrogens (tertiary/aromatic N) is 1. The van der Waals surface area contributed by atoms with Crippen LogP contribution in [0.2, 0.25) is 0 Å². The van der Waals surface area contributed by atoms with Crippen LogP contribution in [0.4, 0.5) is 0 Å². The van der Waals surface area contributed by atoms with Gasteiger partial charge < -0.3 is 10.5 Å². The van der Waals surface area contributed by atoms with Gasteiger partial charge in [-0.2, -0.15) is 4.31 Å². The first-order valence-corrected chi connectivity index (χ1v) is 11.2. The molecule has 9 heteroatoms. The van der Waals surface area contributed by atoms with E-state index in [9.17, 15) is 13.2 Å². The Bertz CT molecular complexity index is 892. The van der Waals surface area contributed by atoms with Crippen LogP contribution in [-0.2, 0) is 14.8 Å². The number of hydrogen-bond acceptors (Lipinski definition) is 6. The van der Waals surface area contributed by atoms with Gasteiger partial charge in [0, 0.05) is 18.0 Å². The van der Waals surface area contributed by atoms with Crippen molar-refractivity contribution in [3.05, 3.63) is 41.3 Å². The summed E-state index contributed by atoms with van der Waals surface area (Å²) in [5, 5.41) is 0. The summed E-state index contributed by atoms with van der Waals surface area (Å²) in [5.74, 6) is -0.164. The molecule has 1 aromatic heterocycles. The van der Waals surface area contributed by atoms with Gasteiger partial charge in [0.2, 0.25) is 10.0 Å². The van der Waals surface area contributed by atoms with E-state index in [0.29, 0.717) is 25.6 Å². The minimum absolute atomic E-state index is 0. The van der Waals surface area contributed by atoms with Crippen LogP contribution in [0.15, 0.2) is 41.3 Å². The molecule has 6 nitrogen and oxygen atoms in total. The molecule has 2 heterocycles. The van der Waals surface area contributed by atoms with Crippen molar-refractivity contribution >= 4 is 39.7 Å². The maximum atomic E-state index is 13.2. The number of esters is 1. The third-order valence-corrected chi connectivity index (χ3v) is 8.11. The first-order chi connectivity index (χ1) is 13.0. The summed E-state index contributed by atoms with van der Waals surface area (Å²) in [7, 11) is -2.50. The summed E-state index contributed by atoms with van der Waals surface area (Å²) in [6.07, 6.45) is 2.50. The molecule has 0 amide bonds. The SMILES string of the molecule is COC(=O)c1sc(-c2ccccc2)cc1S(=O)(=O)N1CCC(CCN)CC1.Cl. The van der Waals surface area contributed by atoms with Crippen LogP contribution in [-0.4, -0.2) is 45.4 Å². The quantitative estimate of drug-likeness (QED) is 0.690. The first-order valence-electron chi connectivity index (χ1n) is 8.95. The molecule has 0 unspecified atom stereocenters. The van der Waals surface area contributed by atoms with Crippen LogP contribution >= 0.6 is 23.7 Å². The highest BCUT2D eigenvalue weighted by atomic mass is 35.5. The first kappa shape index (κ1) is 22.8. The van der Waals surface area contributed by atoms with Crippen molar-refractivity contribution in [2.24, 2.45) is 11.7 Å². The molecule has 1 fully saturated rings. The minimum Gasteiger partial charge on any atom is -0.465 e. The van der Waals surface area contributed by atoms with E-state index < -0.39 is 16.0 Å². The molecular formula is C19H25ClN2O4S2. The molecule has 1 aromatic carbocycles. The fraction of sp³-hybridized carbons (Fsp3) is 0.421. The molecule has 154 valence electrons. The predicted octanol–water partition coefficient (Wildman–Crippen LogP) is 3.37. The van der Waals surface area contributed by atoms with Gasteiger partial charge in [0.25, 0.3) is 0 Å². The van der Waals surface area contributed by atoms with E-state index in [4.69, 9.17) is 10.5 Å². The molecule has 0 bridgehead atoms. The zero-order valence-electron chi connectivity index (χ0n) is 15.7. The summed E-state index contributed by atoms with van der Waals surface area (Å²) in [6, 6.07) is 11.0. The Hall–Kier alpha value is -1.45. The lowest BCUT2D eigenvalue weighted by molar-refractivity contribution is 0.0602. The Kier molecular flexibility index (Phi) is 8.03. The lowest BCUT2D eigenvalue weighted by Crippen LogP contribution is -2.39. The second kappa shape index (κ2) is 9.84. The Morgan fingerprint density at radius 3 is 2.46 bits per heavy atom. The maximum absolute atomic E-state index is 13.2. The fourth-order valence-electron chi connectivity index (χ4n) is 3.36. The number of hydrogen-bond donors (Lipinski definition) is 1. The monoisotopic (exact) mass is 444 g/mol. The Morgan fingerprint density at radius 2 is 1.89 bits per heavy atom. The minimum atomic E-state index is -3.76. The molecule has 3 rings (SSSR count). The van der Waals surface area contributed by atoms with Crippen LogP contribution in [0.3, 0.4) is 0 Å². The second-order valence-electron chi connectivity index (χ2n) is 6.59. The van der Waals surface area contributed by atoms with Gasteiger partial charge in [-0.25, -0.2) is 13.2 Å². The molecule has 2 N–H and O–H groups in total. The molecule has 0 radical (unpaired) electrons. The number of methoxy groups -OCH3 is 1. The molecule has 0 saturated carbocycles. The van der Waals surface area contributed by atoms with Crippen molar-refractivity contribution in [3.8, 4) is 10.4 Å². The van der Waals surface area contributed by atoms with Gasteiger partial charge in [0.05, 0.1) is 7.11 Å². The van der Waals surface area contributed by atoms with Gasteiger partial charge in [-0.3, -0.25) is 0 Å². The maximum Gasteiger partial charge on any atom is 0.349 e. The zero-order chi connectivity index (χ0) is 19.4. The van der Waals surface area contributed by atoms with Gasteiger partial charge in [0.1, 0.15) is 9.77 Å². The van der Waals surface area contributed by atoms with Crippen molar-refractivity contribution in [2.75, 3.05) is 26.7 Å². The van der Waals surface area contributed by atoms with Gasteiger partial charge in [0.15, 0.2) is 0 Å². The van der Waals surface area contributed by atoms with E-state index in [1.807, 2.05) is 30.3 Å². The van der Waals surface area contributed by atoms with Crippen LogP contribution in [0.25, 0.3) is 10.4 Å². The summed E-state index contributed by atoms with van der Waals surface area (Å²) >= 11 is 1.15. The van der Waals surface area contributed by atoms with E-state index in [1.165, 1.54) is 11.4 Å². The van der Waals surface area contributed by atoms with Crippen molar-refractivity contribution in [2.45, 2.75) is 24.2 Å². The molecule has 0 spiro atoms. The average Bonchev–Trinajstić information content (AvgIpc) is 3.15. The Morgan fingerprint density at radius 1 is 1.25 bits per heavy atom. The van der Waals surface area contributed by atoms with Gasteiger partial charge in [-0.05, 0) is 43.4 Å². The number of piperidine rings is 1. The third-order valence-electron chi connectivity index (χ3n) is 4.89. The lowest BCUT2D eigenvalue weighted by Gasteiger charge is -2.31. The van der Waals surface area contributed by atoms with Gasteiger partial charge >= 0.3 is 5.97 Å². The highest BCUT2D eigenvalue weighted by molar-refractivity contribution is 7.89. The molecule has 1 aliphatic rings. The number of ether oxygens (including phenoxy) is 1. The van der Waals surface area contributed by atoms with Crippen molar-refractivity contribution < 1.29 is 17.9 Å². The molecule has 1 aliphatic heterocycles. The summed E-state index contributed by atoms with van der Waals surface area (Å²) in [5.41, 5.74) is 6.49. The number of thiophene rings is 1. The van der Waals surface area contributed by atoms with Gasteiger partial charge in [-0.1, -0.05) is 30.3 Å². The van der Waals surface area contributed by atoms with E-state index in [1.54, 1.807) is 6.07 Å². The third kappa shape index (κ3) is 4.75. The molecule has 28 heavy (non-hydrogen) atoms. The number of benzene rings is 1. The molecule has 0 aliphatic carbocycles. The number of nitrogens with two attached hydrogens (primary N) is 1. The van der Waals surface area contributed by atoms with Crippen molar-refractivity contribution in [1.82, 2.24) is 4.31 Å². The van der Waals surface area contributed by atoms with Crippen LogP contribution in [0.1, 0.15) is 28.9 Å². The predicted molar refractivity (Wildman–Crippen MR) is 113 cm³/mol. The summed E-state index contributed by atoms with van der Waals surface area (Å²) < 4.78 is 32.8. The number of sulfonamides is 1. The van der Waals surface area contributed by atoms with Crippen molar-refractivity contribution in [3.63, 3.8) is 0 Å². The molecular weight excluding hydrogens is 420 g/mol. The molecule has 1 saturated heterocycles. The summed E-state index contributed by atoms with van der Waals surface area (Å²) in [4.78, 5) is 13.1. The summed E-state index contributed by atoms with van der Waals surface area (Å²) in [6.45, 7) is 1.52. The highest BCUT2D eigenvalue weighted by Crippen LogP contribution is 2.37. The largest absolute Gasteiger partial charge is 0.465 e. The number of carbonyl (C=O) groups is 1. The van der Waals surface area contributed by atoms with Crippen LogP contribution in [0, 0.1) is 5.92 Å². The lowest BCUT2D eigenvalue weighted by atomic mass is 9.95. The standard InChI is InChI=1S/C19H24N2O4S2.ClH/c1-25-19(22)18-17(13-16(26-18)15-5-3-2-4-6-15)27(23,24)21-11-8-14(7-10-20)9-12-21;/h2-6,13-14H,7-12,20H2,1H3;1H. The molecule has 2 aromatic rings. The number of halogens is 1. The second-order valence-corrected chi connectivity index (χ2v) is 9.54. The van der Waals surface area contributed by atoms with Crippen LogP contribution in [0.5, 0.6) is 0 Å². The zero-order valence-corrected chi connectivity index (χ0v) is 18.1. The highest BCUT2D eigenvalue weighted by Gasteiger charge is 2.34. The smallest absolute Gasteiger partial charge is 0.349 e. The average molecular weight is 445 g/mol. The normalized spacial score (nSPS) is 15.8. The number of rotatable bonds is 6. The van der Waals surface area contributed by atoms with E-state index >= 15 is 0 Å². The van der Waals surface area contributed by atoms with Crippen molar-refractivity contribution in [1.29, 1.82) is 0 Å². The fourth-order valence-corrected chi connectivity index (χ4v) is 6.41. The van der Waals surface area contributed by atoms with E-state index in [2.05, 4.69) is 0 Å². The van der Waals surface area contributed by atoms with E-state index in [0.717, 1.165) is 41.0 Å².